The van der Waals surface area contributed by atoms with Gasteiger partial charge in [0, 0.05) is 19.0 Å². The molecule has 2 aromatic carbocycles. The van der Waals surface area contributed by atoms with Crippen molar-refractivity contribution >= 4 is 0 Å². The number of aromatic nitrogens is 3. The van der Waals surface area contributed by atoms with Crippen LogP contribution in [-0.2, 0) is 6.54 Å². The predicted molar refractivity (Wildman–Crippen MR) is 97.8 cm³/mol. The summed E-state index contributed by atoms with van der Waals surface area (Å²) in [5.41, 5.74) is 1.65. The fourth-order valence-corrected chi connectivity index (χ4v) is 3.54. The van der Waals surface area contributed by atoms with E-state index in [1.165, 1.54) is 16.8 Å². The number of hydrogen-bond acceptors (Lipinski definition) is 3. The molecule has 0 saturated carbocycles. The first-order valence-corrected chi connectivity index (χ1v) is 8.90. The third kappa shape index (κ3) is 3.60. The van der Waals surface area contributed by atoms with Crippen LogP contribution >= 0.6 is 0 Å². The summed E-state index contributed by atoms with van der Waals surface area (Å²) in [6.07, 6.45) is 2.05. The highest BCUT2D eigenvalue weighted by Gasteiger charge is 2.25. The van der Waals surface area contributed by atoms with Crippen LogP contribution < -0.4 is 5.69 Å². The van der Waals surface area contributed by atoms with Gasteiger partial charge in [-0.15, -0.1) is 5.10 Å². The number of H-pyrrole nitrogens is 1. The summed E-state index contributed by atoms with van der Waals surface area (Å²) in [6.45, 7) is 2.61. The van der Waals surface area contributed by atoms with Crippen LogP contribution in [-0.4, -0.2) is 32.8 Å². The Hall–Kier alpha value is -2.73. The molecule has 1 aliphatic heterocycles. The minimum Gasteiger partial charge on any atom is -0.298 e. The monoisotopic (exact) mass is 352 g/mol. The van der Waals surface area contributed by atoms with E-state index >= 15 is 0 Å². The van der Waals surface area contributed by atoms with Gasteiger partial charge in [0.25, 0.3) is 0 Å². The van der Waals surface area contributed by atoms with Crippen LogP contribution in [0.4, 0.5) is 4.39 Å². The molecule has 1 unspecified atom stereocenters. The van der Waals surface area contributed by atoms with Gasteiger partial charge in [0.05, 0.1) is 5.69 Å². The molecule has 0 amide bonds. The second-order valence-corrected chi connectivity index (χ2v) is 6.76. The highest BCUT2D eigenvalue weighted by atomic mass is 19.1. The average Bonchev–Trinajstić information content (AvgIpc) is 3.06. The zero-order valence-electron chi connectivity index (χ0n) is 14.4. The summed E-state index contributed by atoms with van der Waals surface area (Å²) in [4.78, 5) is 17.5. The quantitative estimate of drug-likeness (QED) is 0.785. The van der Waals surface area contributed by atoms with Gasteiger partial charge in [-0.1, -0.05) is 30.3 Å². The summed E-state index contributed by atoms with van der Waals surface area (Å²) in [5, 5.41) is 4.53. The Kier molecular flexibility index (Phi) is 4.67. The maximum Gasteiger partial charge on any atom is 0.348 e. The van der Waals surface area contributed by atoms with Crippen LogP contribution in [0.15, 0.2) is 59.4 Å². The van der Waals surface area contributed by atoms with E-state index in [0.29, 0.717) is 0 Å². The van der Waals surface area contributed by atoms with Crippen LogP contribution in [0.5, 0.6) is 0 Å². The lowest BCUT2D eigenvalue weighted by atomic mass is 9.97. The van der Waals surface area contributed by atoms with Gasteiger partial charge in [0.15, 0.2) is 0 Å². The Morgan fingerprint density at radius 1 is 1.12 bits per heavy atom. The van der Waals surface area contributed by atoms with Crippen molar-refractivity contribution in [2.45, 2.75) is 25.3 Å². The normalized spacial score (nSPS) is 18.1. The molecule has 134 valence electrons. The Balaban J connectivity index is 1.49. The molecule has 1 fully saturated rings. The molecule has 3 aromatic rings. The molecule has 1 aromatic heterocycles. The van der Waals surface area contributed by atoms with Crippen LogP contribution in [0, 0.1) is 5.82 Å². The van der Waals surface area contributed by atoms with Crippen LogP contribution in [0.2, 0.25) is 0 Å². The van der Waals surface area contributed by atoms with Crippen LogP contribution in [0.1, 0.15) is 30.1 Å². The fraction of sp³-hybridized carbons (Fsp3) is 0.300. The molecule has 0 bridgehead atoms. The Morgan fingerprint density at radius 3 is 2.65 bits per heavy atom. The first-order valence-electron chi connectivity index (χ1n) is 8.90. The van der Waals surface area contributed by atoms with Crippen molar-refractivity contribution in [1.82, 2.24) is 19.7 Å². The number of halogens is 1. The van der Waals surface area contributed by atoms with Gasteiger partial charge in [-0.2, -0.15) is 4.68 Å². The maximum absolute atomic E-state index is 13.1. The van der Waals surface area contributed by atoms with Crippen LogP contribution in [0.25, 0.3) is 5.69 Å². The lowest BCUT2D eigenvalue weighted by Crippen LogP contribution is -2.34. The molecule has 6 heteroatoms. The van der Waals surface area contributed by atoms with E-state index in [0.717, 1.165) is 49.6 Å². The number of benzene rings is 2. The summed E-state index contributed by atoms with van der Waals surface area (Å²) < 4.78 is 14.5. The molecular weight excluding hydrogens is 331 g/mol. The second kappa shape index (κ2) is 7.25. The van der Waals surface area contributed by atoms with E-state index in [2.05, 4.69) is 15.0 Å². The molecule has 0 spiro atoms. The molecule has 1 N–H and O–H groups in total. The minimum atomic E-state index is -0.214. The maximum atomic E-state index is 13.1. The van der Waals surface area contributed by atoms with E-state index in [1.54, 1.807) is 0 Å². The molecular formula is C20H21FN4O. The standard InChI is InChI=1S/C20H21FN4O/c21-17-10-8-15(9-11-17)13-24-12-4-5-16(14-24)19-22-20(26)25(23-19)18-6-2-1-3-7-18/h1-3,6-11,16H,4-5,12-14H2,(H,22,23,26). The average molecular weight is 352 g/mol. The largest absolute Gasteiger partial charge is 0.348 e. The summed E-state index contributed by atoms with van der Waals surface area (Å²) >= 11 is 0. The van der Waals surface area contributed by atoms with Gasteiger partial charge >= 0.3 is 5.69 Å². The summed E-state index contributed by atoms with van der Waals surface area (Å²) in [5.74, 6) is 0.721. The Labute approximate surface area is 151 Å². The van der Waals surface area contributed by atoms with Crippen molar-refractivity contribution in [2.24, 2.45) is 0 Å². The Morgan fingerprint density at radius 2 is 1.88 bits per heavy atom. The van der Waals surface area contributed by atoms with Gasteiger partial charge in [0.2, 0.25) is 0 Å². The number of hydrogen-bond donors (Lipinski definition) is 1. The zero-order chi connectivity index (χ0) is 17.9. The predicted octanol–water partition coefficient (Wildman–Crippen LogP) is 3.08. The third-order valence-electron chi connectivity index (χ3n) is 4.85. The second-order valence-electron chi connectivity index (χ2n) is 6.76. The van der Waals surface area contributed by atoms with Crippen LogP contribution in [0.3, 0.4) is 0 Å². The molecule has 0 aliphatic carbocycles. The molecule has 4 rings (SSSR count). The van der Waals surface area contributed by atoms with Crippen molar-refractivity contribution in [3.8, 4) is 5.69 Å². The number of nitrogens with zero attached hydrogens (tertiary/aromatic N) is 3. The van der Waals surface area contributed by atoms with E-state index in [9.17, 15) is 9.18 Å². The lowest BCUT2D eigenvalue weighted by Gasteiger charge is -2.31. The summed E-state index contributed by atoms with van der Waals surface area (Å²) in [6, 6.07) is 16.1. The van der Waals surface area contributed by atoms with Gasteiger partial charge < -0.3 is 0 Å². The van der Waals surface area contributed by atoms with Crippen molar-refractivity contribution in [2.75, 3.05) is 13.1 Å². The smallest absolute Gasteiger partial charge is 0.298 e. The van der Waals surface area contributed by atoms with E-state index in [-0.39, 0.29) is 17.4 Å². The zero-order valence-corrected chi connectivity index (χ0v) is 14.4. The van der Waals surface area contributed by atoms with E-state index in [1.807, 2.05) is 42.5 Å². The molecule has 26 heavy (non-hydrogen) atoms. The molecule has 1 atom stereocenters. The number of piperidine rings is 1. The highest BCUT2D eigenvalue weighted by molar-refractivity contribution is 5.29. The number of nitrogens with one attached hydrogen (secondary N) is 1. The number of likely N-dealkylation sites (tertiary alicyclic amines) is 1. The van der Waals surface area contributed by atoms with Crippen molar-refractivity contribution in [1.29, 1.82) is 0 Å². The van der Waals surface area contributed by atoms with Crippen molar-refractivity contribution < 1.29 is 4.39 Å². The van der Waals surface area contributed by atoms with Gasteiger partial charge in [-0.3, -0.25) is 9.88 Å². The lowest BCUT2D eigenvalue weighted by molar-refractivity contribution is 0.196. The van der Waals surface area contributed by atoms with Gasteiger partial charge in [0.1, 0.15) is 11.6 Å². The van der Waals surface area contributed by atoms with E-state index in [4.69, 9.17) is 0 Å². The van der Waals surface area contributed by atoms with E-state index < -0.39 is 0 Å². The third-order valence-corrected chi connectivity index (χ3v) is 4.85. The van der Waals surface area contributed by atoms with Gasteiger partial charge in [-0.25, -0.2) is 9.18 Å². The molecule has 1 aliphatic rings. The fourth-order valence-electron chi connectivity index (χ4n) is 3.54. The Bertz CT molecular complexity index is 917. The van der Waals surface area contributed by atoms with Crippen molar-refractivity contribution in [3.63, 3.8) is 0 Å². The van der Waals surface area contributed by atoms with Crippen molar-refractivity contribution in [3.05, 3.63) is 82.3 Å². The molecule has 0 radical (unpaired) electrons. The number of para-hydroxylation sites is 1. The first-order chi connectivity index (χ1) is 12.7. The minimum absolute atomic E-state index is 0.196. The number of aromatic amines is 1. The SMILES string of the molecule is O=c1[nH]c(C2CCCN(Cc3ccc(F)cc3)C2)nn1-c1ccccc1. The number of rotatable bonds is 4. The summed E-state index contributed by atoms with van der Waals surface area (Å²) in [7, 11) is 0. The molecule has 2 heterocycles. The molecule has 1 saturated heterocycles. The van der Waals surface area contributed by atoms with Gasteiger partial charge in [-0.05, 0) is 49.2 Å². The highest BCUT2D eigenvalue weighted by Crippen LogP contribution is 2.25. The topological polar surface area (TPSA) is 53.9 Å². The first kappa shape index (κ1) is 16.7. The molecule has 5 nitrogen and oxygen atoms in total.